The van der Waals surface area contributed by atoms with Crippen LogP contribution in [-0.4, -0.2) is 58.5 Å². The first-order valence-electron chi connectivity index (χ1n) is 7.44. The van der Waals surface area contributed by atoms with Gasteiger partial charge in [-0.2, -0.15) is 0 Å². The number of aliphatic carboxylic acids is 1. The van der Waals surface area contributed by atoms with Crippen LogP contribution in [0, 0.1) is 10.1 Å². The van der Waals surface area contributed by atoms with E-state index in [0.29, 0.717) is 17.1 Å². The van der Waals surface area contributed by atoms with Gasteiger partial charge in [-0.05, 0) is 45.1 Å². The molecule has 126 valence electrons. The summed E-state index contributed by atoms with van der Waals surface area (Å²) in [6, 6.07) is 4.83. The van der Waals surface area contributed by atoms with Crippen LogP contribution in [0.1, 0.15) is 18.4 Å². The molecule has 0 aliphatic carbocycles. The summed E-state index contributed by atoms with van der Waals surface area (Å²) in [5.41, 5.74) is 0.694. The minimum Gasteiger partial charge on any atom is -0.480 e. The van der Waals surface area contributed by atoms with Crippen molar-refractivity contribution in [2.75, 3.05) is 26.7 Å². The minimum atomic E-state index is -0.829. The number of halogens is 1. The fourth-order valence-electron chi connectivity index (χ4n) is 2.96. The molecule has 8 heteroatoms. The average molecular weight is 342 g/mol. The van der Waals surface area contributed by atoms with Crippen LogP contribution < -0.4 is 0 Å². The summed E-state index contributed by atoms with van der Waals surface area (Å²) in [5.74, 6) is -0.829. The van der Waals surface area contributed by atoms with Crippen LogP contribution in [0.25, 0.3) is 0 Å². The van der Waals surface area contributed by atoms with Crippen LogP contribution in [0.4, 0.5) is 5.69 Å². The van der Waals surface area contributed by atoms with Crippen LogP contribution in [0.5, 0.6) is 0 Å². The fourth-order valence-corrected chi connectivity index (χ4v) is 3.16. The smallest absolute Gasteiger partial charge is 0.317 e. The van der Waals surface area contributed by atoms with Gasteiger partial charge in [0.1, 0.15) is 0 Å². The van der Waals surface area contributed by atoms with Crippen LogP contribution >= 0.6 is 11.6 Å². The molecule has 2 rings (SSSR count). The van der Waals surface area contributed by atoms with Crippen LogP contribution in [0.3, 0.4) is 0 Å². The van der Waals surface area contributed by atoms with E-state index in [1.165, 1.54) is 12.1 Å². The van der Waals surface area contributed by atoms with Crippen LogP contribution in [0.15, 0.2) is 18.2 Å². The first kappa shape index (κ1) is 17.7. The summed E-state index contributed by atoms with van der Waals surface area (Å²) in [7, 11) is 1.82. The molecule has 0 atom stereocenters. The molecule has 23 heavy (non-hydrogen) atoms. The van der Waals surface area contributed by atoms with Gasteiger partial charge in [0.25, 0.3) is 5.69 Å². The molecule has 0 saturated carbocycles. The summed E-state index contributed by atoms with van der Waals surface area (Å²) in [6.07, 6.45) is 1.69. The second kappa shape index (κ2) is 7.72. The molecular weight excluding hydrogens is 322 g/mol. The van der Waals surface area contributed by atoms with E-state index in [0.717, 1.165) is 25.9 Å². The Kier molecular flexibility index (Phi) is 5.92. The number of nitro groups is 1. The molecule has 0 amide bonds. The number of hydrogen-bond acceptors (Lipinski definition) is 5. The van der Waals surface area contributed by atoms with Crippen molar-refractivity contribution >= 4 is 23.3 Å². The summed E-state index contributed by atoms with van der Waals surface area (Å²) in [4.78, 5) is 25.5. The van der Waals surface area contributed by atoms with E-state index in [1.807, 2.05) is 11.9 Å². The predicted molar refractivity (Wildman–Crippen MR) is 86.7 cm³/mol. The maximum absolute atomic E-state index is 11.1. The molecule has 1 aromatic rings. The number of likely N-dealkylation sites (tertiary alicyclic amines) is 1. The number of nitrogens with zero attached hydrogens (tertiary/aromatic N) is 3. The normalized spacial score (nSPS) is 16.7. The van der Waals surface area contributed by atoms with Gasteiger partial charge in [-0.3, -0.25) is 24.7 Å². The summed E-state index contributed by atoms with van der Waals surface area (Å²) in [6.45, 7) is 2.06. The van der Waals surface area contributed by atoms with Crippen molar-refractivity contribution in [3.8, 4) is 0 Å². The zero-order valence-corrected chi connectivity index (χ0v) is 13.7. The van der Waals surface area contributed by atoms with Gasteiger partial charge in [0, 0.05) is 29.2 Å². The van der Waals surface area contributed by atoms with E-state index in [4.69, 9.17) is 16.7 Å². The Hall–Kier alpha value is -1.70. The third-order valence-corrected chi connectivity index (χ3v) is 4.43. The van der Waals surface area contributed by atoms with Crippen molar-refractivity contribution in [1.29, 1.82) is 0 Å². The fraction of sp³-hybridized carbons (Fsp3) is 0.533. The van der Waals surface area contributed by atoms with Gasteiger partial charge in [-0.25, -0.2) is 0 Å². The third-order valence-electron chi connectivity index (χ3n) is 4.20. The molecule has 1 fully saturated rings. The van der Waals surface area contributed by atoms with Crippen molar-refractivity contribution in [2.45, 2.75) is 25.4 Å². The van der Waals surface area contributed by atoms with Gasteiger partial charge in [-0.15, -0.1) is 0 Å². The summed E-state index contributed by atoms with van der Waals surface area (Å²) >= 11 is 5.95. The van der Waals surface area contributed by atoms with Crippen molar-refractivity contribution in [1.82, 2.24) is 9.80 Å². The van der Waals surface area contributed by atoms with E-state index in [-0.39, 0.29) is 23.2 Å². The van der Waals surface area contributed by atoms with E-state index in [2.05, 4.69) is 4.90 Å². The zero-order chi connectivity index (χ0) is 17.0. The van der Waals surface area contributed by atoms with E-state index in [1.54, 1.807) is 6.07 Å². The third kappa shape index (κ3) is 4.89. The van der Waals surface area contributed by atoms with Gasteiger partial charge in [0.05, 0.1) is 11.5 Å². The Bertz CT molecular complexity index is 588. The van der Waals surface area contributed by atoms with Crippen LogP contribution in [-0.2, 0) is 11.3 Å². The van der Waals surface area contributed by atoms with E-state index >= 15 is 0 Å². The Balaban J connectivity index is 1.95. The van der Waals surface area contributed by atoms with Gasteiger partial charge < -0.3 is 5.11 Å². The molecule has 0 aromatic heterocycles. The number of nitro benzene ring substituents is 1. The number of likely N-dealkylation sites (N-methyl/N-ethyl adjacent to an activating group) is 1. The lowest BCUT2D eigenvalue weighted by Gasteiger charge is -2.36. The lowest BCUT2D eigenvalue weighted by atomic mass is 10.0. The number of carbonyl (C=O) groups is 1. The van der Waals surface area contributed by atoms with Crippen LogP contribution in [0.2, 0.25) is 5.02 Å². The molecule has 0 unspecified atom stereocenters. The maximum atomic E-state index is 11.1. The Morgan fingerprint density at radius 1 is 1.48 bits per heavy atom. The van der Waals surface area contributed by atoms with Gasteiger partial charge in [0.2, 0.25) is 0 Å². The first-order chi connectivity index (χ1) is 10.9. The standard InChI is InChI=1S/C15H20ClN3O4/c1-17(10-15(20)21)13-4-6-18(7-5-13)9-11-8-12(16)2-3-14(11)19(22)23/h2-3,8,13H,4-7,9-10H2,1H3,(H,20,21). The molecule has 1 heterocycles. The largest absolute Gasteiger partial charge is 0.480 e. The molecule has 1 aliphatic rings. The van der Waals surface area contributed by atoms with Gasteiger partial charge >= 0.3 is 5.97 Å². The highest BCUT2D eigenvalue weighted by atomic mass is 35.5. The SMILES string of the molecule is CN(CC(=O)O)C1CCN(Cc2cc(Cl)ccc2[N+](=O)[O-])CC1. The molecule has 1 aromatic carbocycles. The molecule has 7 nitrogen and oxygen atoms in total. The van der Waals surface area contributed by atoms with E-state index in [9.17, 15) is 14.9 Å². The number of carboxylic acids is 1. The van der Waals surface area contributed by atoms with Gasteiger partial charge in [0.15, 0.2) is 0 Å². The number of hydrogen-bond donors (Lipinski definition) is 1. The molecule has 1 saturated heterocycles. The quantitative estimate of drug-likeness (QED) is 0.630. The minimum absolute atomic E-state index is 0.0322. The Morgan fingerprint density at radius 3 is 2.70 bits per heavy atom. The van der Waals surface area contributed by atoms with Crippen molar-refractivity contribution in [3.05, 3.63) is 38.9 Å². The average Bonchev–Trinajstić information content (AvgIpc) is 2.47. The highest BCUT2D eigenvalue weighted by Gasteiger charge is 2.25. The lowest BCUT2D eigenvalue weighted by molar-refractivity contribution is -0.385. The number of carboxylic acid groups (broad SMARTS) is 1. The van der Waals surface area contributed by atoms with Crippen molar-refractivity contribution in [2.24, 2.45) is 0 Å². The second-order valence-corrected chi connectivity index (χ2v) is 6.28. The highest BCUT2D eigenvalue weighted by Crippen LogP contribution is 2.25. The summed E-state index contributed by atoms with van der Waals surface area (Å²) < 4.78 is 0. The first-order valence-corrected chi connectivity index (χ1v) is 7.82. The Labute approximate surface area is 139 Å². The lowest BCUT2D eigenvalue weighted by Crippen LogP contribution is -2.44. The van der Waals surface area contributed by atoms with E-state index < -0.39 is 5.97 Å². The molecule has 0 spiro atoms. The molecule has 0 bridgehead atoms. The Morgan fingerprint density at radius 2 is 2.13 bits per heavy atom. The second-order valence-electron chi connectivity index (χ2n) is 5.85. The monoisotopic (exact) mass is 341 g/mol. The molecule has 1 aliphatic heterocycles. The van der Waals surface area contributed by atoms with Gasteiger partial charge in [-0.1, -0.05) is 11.6 Å². The predicted octanol–water partition coefficient (Wildman–Crippen LogP) is 2.23. The number of rotatable bonds is 6. The molecule has 1 N–H and O–H groups in total. The maximum Gasteiger partial charge on any atom is 0.317 e. The molecule has 0 radical (unpaired) electrons. The zero-order valence-electron chi connectivity index (χ0n) is 12.9. The molecular formula is C15H20ClN3O4. The highest BCUT2D eigenvalue weighted by molar-refractivity contribution is 6.30. The topological polar surface area (TPSA) is 86.9 Å². The van der Waals surface area contributed by atoms with Crippen molar-refractivity contribution < 1.29 is 14.8 Å². The summed E-state index contributed by atoms with van der Waals surface area (Å²) in [5, 5.41) is 20.4. The number of benzene rings is 1. The van der Waals surface area contributed by atoms with Crippen molar-refractivity contribution in [3.63, 3.8) is 0 Å². The number of piperidine rings is 1.